The topological polar surface area (TPSA) is 87.1 Å². The van der Waals surface area contributed by atoms with Crippen molar-refractivity contribution in [3.05, 3.63) is 0 Å². The van der Waals surface area contributed by atoms with Gasteiger partial charge in [-0.25, -0.2) is 9.59 Å². The number of aliphatic hydroxyl groups is 1. The van der Waals surface area contributed by atoms with Crippen LogP contribution in [0.25, 0.3) is 0 Å². The summed E-state index contributed by atoms with van der Waals surface area (Å²) < 4.78 is 5.06. The van der Waals surface area contributed by atoms with Gasteiger partial charge < -0.3 is 14.9 Å². The molecule has 1 rings (SSSR count). The molecule has 0 aromatic rings. The number of rotatable bonds is 5. The lowest BCUT2D eigenvalue weighted by Gasteiger charge is -2.21. The molecule has 0 aromatic carbocycles. The molecule has 2 atom stereocenters. The van der Waals surface area contributed by atoms with Crippen LogP contribution in [0.15, 0.2) is 0 Å². The van der Waals surface area contributed by atoms with Gasteiger partial charge in [0.1, 0.15) is 6.04 Å². The number of carbonyl (C=O) groups excluding carboxylic acids is 1. The fourth-order valence-corrected chi connectivity index (χ4v) is 2.07. The largest absolute Gasteiger partial charge is 0.480 e. The number of amides is 1. The molecule has 6 heteroatoms. The van der Waals surface area contributed by atoms with Gasteiger partial charge in [0.25, 0.3) is 0 Å². The lowest BCUT2D eigenvalue weighted by Crippen LogP contribution is -2.41. The molecule has 1 saturated heterocycles. The minimum Gasteiger partial charge on any atom is -0.480 e. The van der Waals surface area contributed by atoms with Crippen molar-refractivity contribution >= 4 is 12.1 Å². The number of nitrogens with zero attached hydrogens (tertiary/aromatic N) is 1. The van der Waals surface area contributed by atoms with Crippen LogP contribution >= 0.6 is 0 Å². The fourth-order valence-electron chi connectivity index (χ4n) is 2.07. The zero-order chi connectivity index (χ0) is 13.7. The van der Waals surface area contributed by atoms with Crippen molar-refractivity contribution in [2.75, 3.05) is 19.8 Å². The predicted molar refractivity (Wildman–Crippen MR) is 64.1 cm³/mol. The third kappa shape index (κ3) is 3.87. The molecule has 1 heterocycles. The molecule has 2 unspecified atom stereocenters. The van der Waals surface area contributed by atoms with Gasteiger partial charge in [-0.05, 0) is 24.7 Å². The van der Waals surface area contributed by atoms with Gasteiger partial charge in [-0.15, -0.1) is 0 Å². The Morgan fingerprint density at radius 1 is 1.44 bits per heavy atom. The van der Waals surface area contributed by atoms with Gasteiger partial charge in [-0.1, -0.05) is 13.8 Å². The van der Waals surface area contributed by atoms with E-state index in [4.69, 9.17) is 14.9 Å². The maximum absolute atomic E-state index is 11.8. The van der Waals surface area contributed by atoms with Crippen LogP contribution in [0.5, 0.6) is 0 Å². The first kappa shape index (κ1) is 14.8. The van der Waals surface area contributed by atoms with Crippen LogP contribution < -0.4 is 0 Å². The molecule has 104 valence electrons. The molecule has 0 bridgehead atoms. The van der Waals surface area contributed by atoms with Crippen molar-refractivity contribution in [3.8, 4) is 0 Å². The van der Waals surface area contributed by atoms with Crippen LogP contribution in [0.2, 0.25) is 0 Å². The summed E-state index contributed by atoms with van der Waals surface area (Å²) in [5, 5.41) is 18.0. The Morgan fingerprint density at radius 2 is 2.11 bits per heavy atom. The summed E-state index contributed by atoms with van der Waals surface area (Å²) in [6, 6.07) is -0.832. The summed E-state index contributed by atoms with van der Waals surface area (Å²) in [4.78, 5) is 24.1. The number of carbonyl (C=O) groups is 2. The Balaban J connectivity index is 2.60. The maximum atomic E-state index is 11.8. The van der Waals surface area contributed by atoms with Crippen LogP contribution in [0.3, 0.4) is 0 Å². The van der Waals surface area contributed by atoms with Crippen LogP contribution in [-0.2, 0) is 9.53 Å². The molecule has 1 amide bonds. The standard InChI is InChI=1S/C12H21NO5/c1-8(2)7-18-12(17)13-6-9(3-4-14)5-10(13)11(15)16/h8-10,14H,3-7H2,1-2H3,(H,15,16). The zero-order valence-corrected chi connectivity index (χ0v) is 10.8. The minimum atomic E-state index is -1.02. The summed E-state index contributed by atoms with van der Waals surface area (Å²) in [7, 11) is 0. The van der Waals surface area contributed by atoms with Gasteiger partial charge in [-0.2, -0.15) is 0 Å². The first-order valence-corrected chi connectivity index (χ1v) is 6.22. The quantitative estimate of drug-likeness (QED) is 0.767. The van der Waals surface area contributed by atoms with E-state index >= 15 is 0 Å². The average Bonchev–Trinajstić information content (AvgIpc) is 2.70. The molecule has 1 fully saturated rings. The fraction of sp³-hybridized carbons (Fsp3) is 0.833. The maximum Gasteiger partial charge on any atom is 0.410 e. The van der Waals surface area contributed by atoms with E-state index in [9.17, 15) is 9.59 Å². The molecular formula is C12H21NO5. The second-order valence-corrected chi connectivity index (χ2v) is 5.09. The van der Waals surface area contributed by atoms with E-state index in [0.29, 0.717) is 19.4 Å². The third-order valence-electron chi connectivity index (χ3n) is 2.98. The highest BCUT2D eigenvalue weighted by atomic mass is 16.6. The number of carboxylic acid groups (broad SMARTS) is 1. The molecule has 0 spiro atoms. The monoisotopic (exact) mass is 259 g/mol. The Bertz CT molecular complexity index is 305. The van der Waals surface area contributed by atoms with E-state index in [0.717, 1.165) is 0 Å². The minimum absolute atomic E-state index is 0.00584. The Hall–Kier alpha value is -1.30. The van der Waals surface area contributed by atoms with E-state index < -0.39 is 18.1 Å². The molecular weight excluding hydrogens is 238 g/mol. The number of hydrogen-bond donors (Lipinski definition) is 2. The molecule has 0 aliphatic carbocycles. The van der Waals surface area contributed by atoms with Crippen molar-refractivity contribution in [2.45, 2.75) is 32.7 Å². The summed E-state index contributed by atoms with van der Waals surface area (Å²) in [5.41, 5.74) is 0. The first-order chi connectivity index (χ1) is 8.45. The van der Waals surface area contributed by atoms with Gasteiger partial charge >= 0.3 is 12.1 Å². The third-order valence-corrected chi connectivity index (χ3v) is 2.98. The highest BCUT2D eigenvalue weighted by Crippen LogP contribution is 2.26. The summed E-state index contributed by atoms with van der Waals surface area (Å²) in [5.74, 6) is -0.771. The number of aliphatic carboxylic acids is 1. The van der Waals surface area contributed by atoms with E-state index in [2.05, 4.69) is 0 Å². The molecule has 1 aliphatic heterocycles. The second kappa shape index (κ2) is 6.58. The van der Waals surface area contributed by atoms with E-state index in [-0.39, 0.29) is 25.0 Å². The van der Waals surface area contributed by atoms with E-state index in [1.54, 1.807) is 0 Å². The summed E-state index contributed by atoms with van der Waals surface area (Å²) in [6.45, 7) is 4.47. The number of carboxylic acids is 1. The van der Waals surface area contributed by atoms with Crippen molar-refractivity contribution in [1.29, 1.82) is 0 Å². The van der Waals surface area contributed by atoms with Crippen LogP contribution in [0.1, 0.15) is 26.7 Å². The number of hydrogen-bond acceptors (Lipinski definition) is 4. The van der Waals surface area contributed by atoms with Crippen LogP contribution in [-0.4, -0.2) is 53.0 Å². The van der Waals surface area contributed by atoms with Gasteiger partial charge in [0, 0.05) is 13.2 Å². The lowest BCUT2D eigenvalue weighted by molar-refractivity contribution is -0.141. The van der Waals surface area contributed by atoms with Crippen LogP contribution in [0.4, 0.5) is 4.79 Å². The second-order valence-electron chi connectivity index (χ2n) is 5.09. The van der Waals surface area contributed by atoms with Gasteiger partial charge in [-0.3, -0.25) is 4.90 Å². The number of aliphatic hydroxyl groups excluding tert-OH is 1. The Kier molecular flexibility index (Phi) is 5.40. The highest BCUT2D eigenvalue weighted by molar-refractivity contribution is 5.80. The molecule has 0 saturated carbocycles. The summed E-state index contributed by atoms with van der Waals surface area (Å²) >= 11 is 0. The first-order valence-electron chi connectivity index (χ1n) is 6.22. The molecule has 0 radical (unpaired) electrons. The Morgan fingerprint density at radius 3 is 2.61 bits per heavy atom. The van der Waals surface area contributed by atoms with Crippen molar-refractivity contribution in [2.24, 2.45) is 11.8 Å². The number of ether oxygens (including phenoxy) is 1. The van der Waals surface area contributed by atoms with Crippen molar-refractivity contribution < 1.29 is 24.5 Å². The van der Waals surface area contributed by atoms with E-state index in [1.807, 2.05) is 13.8 Å². The van der Waals surface area contributed by atoms with Crippen molar-refractivity contribution in [3.63, 3.8) is 0 Å². The average molecular weight is 259 g/mol. The summed E-state index contributed by atoms with van der Waals surface area (Å²) in [6.07, 6.45) is 0.321. The predicted octanol–water partition coefficient (Wildman–Crippen LogP) is 0.936. The lowest BCUT2D eigenvalue weighted by atomic mass is 10.0. The smallest absolute Gasteiger partial charge is 0.410 e. The van der Waals surface area contributed by atoms with E-state index in [1.165, 1.54) is 4.90 Å². The number of likely N-dealkylation sites (tertiary alicyclic amines) is 1. The zero-order valence-electron chi connectivity index (χ0n) is 10.8. The molecule has 0 aromatic heterocycles. The van der Waals surface area contributed by atoms with Gasteiger partial charge in [0.15, 0.2) is 0 Å². The molecule has 2 N–H and O–H groups in total. The van der Waals surface area contributed by atoms with Gasteiger partial charge in [0.05, 0.1) is 6.61 Å². The highest BCUT2D eigenvalue weighted by Gasteiger charge is 2.40. The van der Waals surface area contributed by atoms with Crippen LogP contribution in [0, 0.1) is 11.8 Å². The molecule has 18 heavy (non-hydrogen) atoms. The Labute approximate surface area is 107 Å². The van der Waals surface area contributed by atoms with Gasteiger partial charge in [0.2, 0.25) is 0 Å². The molecule has 1 aliphatic rings. The SMILES string of the molecule is CC(C)COC(=O)N1CC(CCO)CC1C(=O)O. The molecule has 6 nitrogen and oxygen atoms in total. The van der Waals surface area contributed by atoms with Crippen molar-refractivity contribution in [1.82, 2.24) is 4.90 Å². The normalized spacial score (nSPS) is 23.4.